The molecule has 0 aliphatic carbocycles. The van der Waals surface area contributed by atoms with Crippen molar-refractivity contribution in [3.8, 4) is 0 Å². The van der Waals surface area contributed by atoms with Gasteiger partial charge in [0.15, 0.2) is 0 Å². The van der Waals surface area contributed by atoms with E-state index in [4.69, 9.17) is 0 Å². The highest BCUT2D eigenvalue weighted by Gasteiger charge is 1.99. The van der Waals surface area contributed by atoms with Crippen LogP contribution in [0.2, 0.25) is 0 Å². The van der Waals surface area contributed by atoms with Crippen molar-refractivity contribution >= 4 is 21.4 Å². The molecule has 68 valence electrons. The molecule has 0 N–H and O–H groups in total. The summed E-state index contributed by atoms with van der Waals surface area (Å²) in [5.41, 5.74) is 0. The van der Waals surface area contributed by atoms with Crippen molar-refractivity contribution in [2.24, 2.45) is 0 Å². The molecule has 13 heavy (non-hydrogen) atoms. The van der Waals surface area contributed by atoms with Crippen LogP contribution >= 0.6 is 11.3 Å². The van der Waals surface area contributed by atoms with E-state index in [1.54, 1.807) is 0 Å². The Labute approximate surface area is 83.2 Å². The van der Waals surface area contributed by atoms with Gasteiger partial charge in [-0.2, -0.15) is 0 Å². The minimum absolute atomic E-state index is 1.25. The maximum absolute atomic E-state index is 2.33. The molecule has 0 atom stereocenters. The third kappa shape index (κ3) is 1.92. The lowest BCUT2D eigenvalue weighted by atomic mass is 10.2. The molecule has 1 aromatic carbocycles. The summed E-state index contributed by atoms with van der Waals surface area (Å²) >= 11 is 1.94. The zero-order chi connectivity index (χ0) is 9.10. The molecule has 0 bridgehead atoms. The van der Waals surface area contributed by atoms with Gasteiger partial charge in [0.2, 0.25) is 0 Å². The van der Waals surface area contributed by atoms with E-state index in [0.717, 1.165) is 0 Å². The molecule has 0 fully saturated rings. The van der Waals surface area contributed by atoms with Crippen molar-refractivity contribution in [2.75, 3.05) is 0 Å². The second-order valence-corrected chi connectivity index (χ2v) is 4.52. The smallest absolute Gasteiger partial charge is 0.0345 e. The van der Waals surface area contributed by atoms with Crippen molar-refractivity contribution in [2.45, 2.75) is 26.2 Å². The summed E-state index contributed by atoms with van der Waals surface area (Å²) in [6.07, 6.45) is 3.84. The first-order valence-corrected chi connectivity index (χ1v) is 5.69. The predicted octanol–water partition coefficient (Wildman–Crippen LogP) is 4.24. The fourth-order valence-electron chi connectivity index (χ4n) is 1.51. The first-order chi connectivity index (χ1) is 6.40. The highest BCUT2D eigenvalue weighted by molar-refractivity contribution is 7.19. The van der Waals surface area contributed by atoms with Crippen molar-refractivity contribution in [3.63, 3.8) is 0 Å². The fraction of sp³-hybridized carbons (Fsp3) is 0.333. The normalized spacial score (nSPS) is 10.8. The summed E-state index contributed by atoms with van der Waals surface area (Å²) in [5.74, 6) is 0. The molecule has 0 spiro atoms. The number of thiophene rings is 1. The fourth-order valence-corrected chi connectivity index (χ4v) is 2.62. The Morgan fingerprint density at radius 1 is 1.23 bits per heavy atom. The number of unbranched alkanes of at least 4 members (excludes halogenated alkanes) is 1. The first-order valence-electron chi connectivity index (χ1n) is 4.87. The summed E-state index contributed by atoms with van der Waals surface area (Å²) < 4.78 is 1.42. The van der Waals surface area contributed by atoms with Gasteiger partial charge in [-0.15, -0.1) is 11.3 Å². The zero-order valence-electron chi connectivity index (χ0n) is 7.92. The van der Waals surface area contributed by atoms with Gasteiger partial charge in [0, 0.05) is 9.58 Å². The molecule has 1 heterocycles. The van der Waals surface area contributed by atoms with Gasteiger partial charge in [0.1, 0.15) is 0 Å². The molecule has 0 aliphatic rings. The van der Waals surface area contributed by atoms with Gasteiger partial charge in [0.25, 0.3) is 0 Å². The Kier molecular flexibility index (Phi) is 2.65. The van der Waals surface area contributed by atoms with Crippen LogP contribution < -0.4 is 0 Å². The zero-order valence-corrected chi connectivity index (χ0v) is 8.73. The van der Waals surface area contributed by atoms with Crippen LogP contribution in [-0.2, 0) is 6.42 Å². The molecule has 2 rings (SSSR count). The van der Waals surface area contributed by atoms with E-state index in [2.05, 4.69) is 37.3 Å². The monoisotopic (exact) mass is 190 g/mol. The Balaban J connectivity index is 2.28. The average Bonchev–Trinajstić information content (AvgIpc) is 2.57. The quantitative estimate of drug-likeness (QED) is 0.679. The van der Waals surface area contributed by atoms with Crippen LogP contribution in [0.15, 0.2) is 30.3 Å². The van der Waals surface area contributed by atoms with E-state index in [9.17, 15) is 0 Å². The molecular weight excluding hydrogens is 176 g/mol. The van der Waals surface area contributed by atoms with E-state index >= 15 is 0 Å². The van der Waals surface area contributed by atoms with Crippen LogP contribution in [0, 0.1) is 0 Å². The number of fused-ring (bicyclic) bond motifs is 1. The molecule has 0 amide bonds. The van der Waals surface area contributed by atoms with Gasteiger partial charge in [-0.05, 0) is 30.4 Å². The van der Waals surface area contributed by atoms with E-state index in [1.165, 1.54) is 34.2 Å². The second kappa shape index (κ2) is 3.93. The predicted molar refractivity (Wildman–Crippen MR) is 60.4 cm³/mol. The highest BCUT2D eigenvalue weighted by atomic mass is 32.1. The SMILES string of the molecule is CCCCc1cc2ccccc2s1. The van der Waals surface area contributed by atoms with Gasteiger partial charge in [-0.3, -0.25) is 0 Å². The van der Waals surface area contributed by atoms with Gasteiger partial charge >= 0.3 is 0 Å². The van der Waals surface area contributed by atoms with Gasteiger partial charge in [-0.1, -0.05) is 31.5 Å². The van der Waals surface area contributed by atoms with Gasteiger partial charge in [-0.25, -0.2) is 0 Å². The molecular formula is C12H14S. The van der Waals surface area contributed by atoms with E-state index < -0.39 is 0 Å². The van der Waals surface area contributed by atoms with Gasteiger partial charge < -0.3 is 0 Å². The number of hydrogen-bond acceptors (Lipinski definition) is 1. The Hall–Kier alpha value is -0.820. The Bertz CT molecular complexity index is 354. The summed E-state index contributed by atoms with van der Waals surface area (Å²) in [4.78, 5) is 1.53. The third-order valence-corrected chi connectivity index (χ3v) is 3.43. The van der Waals surface area contributed by atoms with Crippen molar-refractivity contribution in [1.29, 1.82) is 0 Å². The van der Waals surface area contributed by atoms with Crippen molar-refractivity contribution in [1.82, 2.24) is 0 Å². The first kappa shape index (κ1) is 8.76. The number of aryl methyl sites for hydroxylation is 1. The van der Waals surface area contributed by atoms with E-state index in [0.29, 0.717) is 0 Å². The summed E-state index contributed by atoms with van der Waals surface area (Å²) in [6, 6.07) is 11.0. The van der Waals surface area contributed by atoms with Crippen LogP contribution in [0.25, 0.3) is 10.1 Å². The molecule has 0 aliphatic heterocycles. The maximum Gasteiger partial charge on any atom is 0.0345 e. The molecule has 0 nitrogen and oxygen atoms in total. The molecule has 0 unspecified atom stereocenters. The van der Waals surface area contributed by atoms with E-state index in [1.807, 2.05) is 11.3 Å². The van der Waals surface area contributed by atoms with Crippen LogP contribution in [0.1, 0.15) is 24.6 Å². The topological polar surface area (TPSA) is 0 Å². The molecule has 1 heteroatoms. The summed E-state index contributed by atoms with van der Waals surface area (Å²) in [7, 11) is 0. The molecule has 1 aromatic heterocycles. The van der Waals surface area contributed by atoms with Crippen LogP contribution in [0.5, 0.6) is 0 Å². The summed E-state index contributed by atoms with van der Waals surface area (Å²) in [5, 5.41) is 1.40. The van der Waals surface area contributed by atoms with Crippen LogP contribution in [-0.4, -0.2) is 0 Å². The lowest BCUT2D eigenvalue weighted by molar-refractivity contribution is 0.804. The lowest BCUT2D eigenvalue weighted by Gasteiger charge is -1.90. The van der Waals surface area contributed by atoms with Crippen LogP contribution in [0.4, 0.5) is 0 Å². The van der Waals surface area contributed by atoms with Crippen molar-refractivity contribution in [3.05, 3.63) is 35.2 Å². The number of rotatable bonds is 3. The molecule has 2 aromatic rings. The lowest BCUT2D eigenvalue weighted by Crippen LogP contribution is -1.76. The van der Waals surface area contributed by atoms with Crippen LogP contribution in [0.3, 0.4) is 0 Å². The maximum atomic E-state index is 2.33. The molecule has 0 saturated heterocycles. The highest BCUT2D eigenvalue weighted by Crippen LogP contribution is 2.26. The standard InChI is InChI=1S/C12H14S/c1-2-3-7-11-9-10-6-4-5-8-12(10)13-11/h4-6,8-9H,2-3,7H2,1H3. The van der Waals surface area contributed by atoms with Crippen molar-refractivity contribution < 1.29 is 0 Å². The summed E-state index contributed by atoms with van der Waals surface area (Å²) in [6.45, 7) is 2.24. The Morgan fingerprint density at radius 3 is 2.85 bits per heavy atom. The van der Waals surface area contributed by atoms with E-state index in [-0.39, 0.29) is 0 Å². The minimum atomic E-state index is 1.25. The molecule has 0 saturated carbocycles. The number of benzene rings is 1. The number of hydrogen-bond donors (Lipinski definition) is 0. The minimum Gasteiger partial charge on any atom is -0.140 e. The molecule has 0 radical (unpaired) electrons. The third-order valence-electron chi connectivity index (χ3n) is 2.25. The average molecular weight is 190 g/mol. The Morgan fingerprint density at radius 2 is 2.08 bits per heavy atom. The van der Waals surface area contributed by atoms with Gasteiger partial charge in [0.05, 0.1) is 0 Å². The largest absolute Gasteiger partial charge is 0.140 e. The second-order valence-electron chi connectivity index (χ2n) is 3.35.